The minimum atomic E-state index is -0.868. The van der Waals surface area contributed by atoms with Crippen LogP contribution in [0.1, 0.15) is 45.8 Å². The van der Waals surface area contributed by atoms with Crippen LogP contribution in [-0.4, -0.2) is 32.2 Å². The molecule has 8 nitrogen and oxygen atoms in total. The molecule has 1 N–H and O–H groups in total. The highest BCUT2D eigenvalue weighted by Gasteiger charge is 2.41. The molecular formula is C52H47N5O3. The second-order valence-electron chi connectivity index (χ2n) is 15.2. The summed E-state index contributed by atoms with van der Waals surface area (Å²) in [5.74, 6) is 0.721. The molecule has 8 heteroatoms. The summed E-state index contributed by atoms with van der Waals surface area (Å²) in [6.45, 7) is 6.48. The summed E-state index contributed by atoms with van der Waals surface area (Å²) in [5.41, 5.74) is 7.71. The first-order valence-corrected chi connectivity index (χ1v) is 20.5. The molecule has 0 radical (unpaired) electrons. The zero-order chi connectivity index (χ0) is 40.6. The number of benzene rings is 6. The topological polar surface area (TPSA) is 83.3 Å². The molecule has 8 aromatic rings. The quantitative estimate of drug-likeness (QED) is 0.0771. The maximum atomic E-state index is 6.72. The predicted octanol–water partition coefficient (Wildman–Crippen LogP) is 10.7. The number of nitrogens with zero attached hydrogens (tertiary/aromatic N) is 4. The molecule has 2 heterocycles. The average Bonchev–Trinajstić information content (AvgIpc) is 3.88. The molecule has 9 rings (SSSR count). The van der Waals surface area contributed by atoms with Crippen LogP contribution in [0.2, 0.25) is 0 Å². The number of imidazole rings is 1. The van der Waals surface area contributed by atoms with Gasteiger partial charge < -0.3 is 24.1 Å². The molecule has 0 amide bonds. The van der Waals surface area contributed by atoms with E-state index in [-0.39, 0.29) is 18.1 Å². The van der Waals surface area contributed by atoms with E-state index >= 15 is 0 Å². The van der Waals surface area contributed by atoms with Gasteiger partial charge in [-0.3, -0.25) is 0 Å². The Balaban J connectivity index is 1.12. The molecular weight excluding hydrogens is 743 g/mol. The second kappa shape index (κ2) is 18.0. The summed E-state index contributed by atoms with van der Waals surface area (Å²) in [6.07, 6.45) is 2.37. The van der Waals surface area contributed by atoms with Gasteiger partial charge in [0.25, 0.3) is 0 Å². The van der Waals surface area contributed by atoms with Crippen LogP contribution in [0.25, 0.3) is 11.2 Å². The first-order chi connectivity index (χ1) is 29.7. The molecule has 3 atom stereocenters. The first-order valence-electron chi connectivity index (χ1n) is 20.5. The van der Waals surface area contributed by atoms with Crippen molar-refractivity contribution in [1.82, 2.24) is 19.5 Å². The standard InChI is InChI=1S/C52H47N5O3/c1-38-45(36-58-33-39-20-8-2-9-21-39)47(59-34-40-22-10-3-11-23-40)32-46(38)57-37-53-48-49(57)54-51(55-50(48)60-35-41-24-12-4-13-25-41)56-52(42-26-14-5-15-27-42,43-28-16-6-17-29-43)44-30-18-7-19-31-44/h2-31,37,45-47H,1,32-36H2,(H,54,55,56)/t45-,46+,47-/m1/s1. The van der Waals surface area contributed by atoms with Crippen molar-refractivity contribution in [1.29, 1.82) is 0 Å². The average molecular weight is 790 g/mol. The zero-order valence-electron chi connectivity index (χ0n) is 33.4. The van der Waals surface area contributed by atoms with E-state index in [9.17, 15) is 0 Å². The number of anilines is 1. The number of nitrogens with one attached hydrogen (secondary N) is 1. The van der Waals surface area contributed by atoms with Crippen LogP contribution < -0.4 is 10.1 Å². The van der Waals surface area contributed by atoms with Gasteiger partial charge in [0.2, 0.25) is 11.8 Å². The van der Waals surface area contributed by atoms with E-state index in [1.54, 1.807) is 0 Å². The zero-order valence-corrected chi connectivity index (χ0v) is 33.4. The molecule has 1 saturated carbocycles. The van der Waals surface area contributed by atoms with Crippen LogP contribution in [0.3, 0.4) is 0 Å². The fraction of sp³-hybridized carbons (Fsp3) is 0.173. The number of rotatable bonds is 16. The molecule has 0 aliphatic heterocycles. The number of ether oxygens (including phenoxy) is 3. The van der Waals surface area contributed by atoms with E-state index in [1.165, 1.54) is 0 Å². The van der Waals surface area contributed by atoms with E-state index in [0.29, 0.717) is 55.8 Å². The molecule has 1 aliphatic rings. The summed E-state index contributed by atoms with van der Waals surface area (Å²) in [4.78, 5) is 15.4. The van der Waals surface area contributed by atoms with Gasteiger partial charge >= 0.3 is 0 Å². The third-order valence-corrected chi connectivity index (χ3v) is 11.4. The van der Waals surface area contributed by atoms with E-state index in [1.807, 2.05) is 91.3 Å². The molecule has 6 aromatic carbocycles. The molecule has 0 saturated heterocycles. The Bertz CT molecular complexity index is 2510. The van der Waals surface area contributed by atoms with Crippen molar-refractivity contribution in [3.63, 3.8) is 0 Å². The van der Waals surface area contributed by atoms with Crippen molar-refractivity contribution in [3.8, 4) is 5.88 Å². The predicted molar refractivity (Wildman–Crippen MR) is 236 cm³/mol. The lowest BCUT2D eigenvalue weighted by molar-refractivity contribution is -0.0122. The van der Waals surface area contributed by atoms with Crippen LogP contribution in [0.5, 0.6) is 5.88 Å². The lowest BCUT2D eigenvalue weighted by Gasteiger charge is -2.37. The largest absolute Gasteiger partial charge is 0.471 e. The van der Waals surface area contributed by atoms with Crippen molar-refractivity contribution in [2.45, 2.75) is 43.9 Å². The molecule has 298 valence electrons. The summed E-state index contributed by atoms with van der Waals surface area (Å²) < 4.78 is 21.8. The van der Waals surface area contributed by atoms with Gasteiger partial charge in [0, 0.05) is 5.92 Å². The first kappa shape index (κ1) is 38.6. The Labute approximate surface area is 351 Å². The number of aromatic nitrogens is 4. The van der Waals surface area contributed by atoms with Gasteiger partial charge in [0.15, 0.2) is 11.2 Å². The fourth-order valence-corrected chi connectivity index (χ4v) is 8.32. The van der Waals surface area contributed by atoms with Crippen LogP contribution in [0.15, 0.2) is 200 Å². The van der Waals surface area contributed by atoms with Crippen molar-refractivity contribution >= 4 is 17.1 Å². The molecule has 0 spiro atoms. The lowest BCUT2D eigenvalue weighted by Crippen LogP contribution is -2.38. The number of hydrogen-bond acceptors (Lipinski definition) is 7. The maximum absolute atomic E-state index is 6.72. The van der Waals surface area contributed by atoms with Crippen LogP contribution >= 0.6 is 0 Å². The molecule has 1 aliphatic carbocycles. The summed E-state index contributed by atoms with van der Waals surface area (Å²) in [5, 5.41) is 3.88. The van der Waals surface area contributed by atoms with E-state index in [4.69, 9.17) is 35.7 Å². The van der Waals surface area contributed by atoms with Gasteiger partial charge in [-0.2, -0.15) is 9.97 Å². The van der Waals surface area contributed by atoms with Gasteiger partial charge in [0.05, 0.1) is 38.3 Å². The molecule has 0 bridgehead atoms. The number of hydrogen-bond donors (Lipinski definition) is 1. The van der Waals surface area contributed by atoms with Gasteiger partial charge in [-0.05, 0) is 45.4 Å². The number of fused-ring (bicyclic) bond motifs is 1. The second-order valence-corrected chi connectivity index (χ2v) is 15.2. The smallest absolute Gasteiger partial charge is 0.247 e. The highest BCUT2D eigenvalue weighted by molar-refractivity contribution is 5.78. The highest BCUT2D eigenvalue weighted by atomic mass is 16.5. The molecule has 60 heavy (non-hydrogen) atoms. The van der Waals surface area contributed by atoms with Crippen LogP contribution in [0, 0.1) is 5.92 Å². The van der Waals surface area contributed by atoms with Crippen molar-refractivity contribution < 1.29 is 14.2 Å². The van der Waals surface area contributed by atoms with Crippen LogP contribution in [-0.2, 0) is 34.8 Å². The summed E-state index contributed by atoms with van der Waals surface area (Å²) in [6, 6.07) is 61.8. The Morgan fingerprint density at radius 1 is 0.600 bits per heavy atom. The van der Waals surface area contributed by atoms with Crippen molar-refractivity contribution in [2.75, 3.05) is 11.9 Å². The minimum Gasteiger partial charge on any atom is -0.471 e. The molecule has 0 unspecified atom stereocenters. The van der Waals surface area contributed by atoms with E-state index in [2.05, 4.69) is 107 Å². The SMILES string of the molecule is C=C1[C@@H](COCc2ccccc2)[C@H](OCc2ccccc2)C[C@@H]1n1cnc2c(OCc3ccccc3)nc(NC(c3ccccc3)(c3ccccc3)c3ccccc3)nc21. The Hall–Kier alpha value is -6.87. The van der Waals surface area contributed by atoms with Crippen molar-refractivity contribution in [3.05, 3.63) is 234 Å². The van der Waals surface area contributed by atoms with Gasteiger partial charge in [0.1, 0.15) is 12.1 Å². The Kier molecular flexibility index (Phi) is 11.6. The third kappa shape index (κ3) is 8.21. The lowest BCUT2D eigenvalue weighted by atomic mass is 9.77. The monoisotopic (exact) mass is 789 g/mol. The highest BCUT2D eigenvalue weighted by Crippen LogP contribution is 2.44. The molecule has 1 fully saturated rings. The van der Waals surface area contributed by atoms with Crippen LogP contribution in [0.4, 0.5) is 5.95 Å². The van der Waals surface area contributed by atoms with Gasteiger partial charge in [-0.1, -0.05) is 189 Å². The summed E-state index contributed by atoms with van der Waals surface area (Å²) in [7, 11) is 0. The maximum Gasteiger partial charge on any atom is 0.247 e. The summed E-state index contributed by atoms with van der Waals surface area (Å²) >= 11 is 0. The normalized spacial score (nSPS) is 16.5. The van der Waals surface area contributed by atoms with Gasteiger partial charge in [-0.25, -0.2) is 4.98 Å². The third-order valence-electron chi connectivity index (χ3n) is 11.4. The van der Waals surface area contributed by atoms with Gasteiger partial charge in [-0.15, -0.1) is 0 Å². The Morgan fingerprint density at radius 2 is 1.08 bits per heavy atom. The van der Waals surface area contributed by atoms with E-state index < -0.39 is 5.54 Å². The van der Waals surface area contributed by atoms with Crippen molar-refractivity contribution in [2.24, 2.45) is 5.92 Å². The van der Waals surface area contributed by atoms with E-state index in [0.717, 1.165) is 39.0 Å². The molecule has 2 aromatic heterocycles. The Morgan fingerprint density at radius 3 is 1.62 bits per heavy atom. The fourth-order valence-electron chi connectivity index (χ4n) is 8.32. The minimum absolute atomic E-state index is 0.0602.